The van der Waals surface area contributed by atoms with Gasteiger partial charge in [0.15, 0.2) is 0 Å². The van der Waals surface area contributed by atoms with Gasteiger partial charge in [0.05, 0.1) is 13.2 Å². The van der Waals surface area contributed by atoms with Crippen molar-refractivity contribution in [1.82, 2.24) is 0 Å². The van der Waals surface area contributed by atoms with Crippen molar-refractivity contribution in [3.63, 3.8) is 0 Å². The van der Waals surface area contributed by atoms with Gasteiger partial charge in [0.2, 0.25) is 0 Å². The molecule has 4 heteroatoms. The molecule has 3 rings (SSSR count). The van der Waals surface area contributed by atoms with Gasteiger partial charge in [0.25, 0.3) is 0 Å². The Balaban J connectivity index is 2.08. The van der Waals surface area contributed by atoms with Crippen molar-refractivity contribution in [3.05, 3.63) is 75.7 Å². The van der Waals surface area contributed by atoms with E-state index in [0.29, 0.717) is 0 Å². The zero-order valence-electron chi connectivity index (χ0n) is 11.9. The minimum Gasteiger partial charge on any atom is -0.496 e. The molecule has 0 saturated heterocycles. The van der Waals surface area contributed by atoms with E-state index in [1.165, 1.54) is 11.1 Å². The van der Waals surface area contributed by atoms with Gasteiger partial charge in [-0.15, -0.1) is 0 Å². The molecule has 0 amide bonds. The highest BCUT2D eigenvalue weighted by molar-refractivity contribution is 5.46. The summed E-state index contributed by atoms with van der Waals surface area (Å²) in [4.78, 5) is 3.07. The van der Waals surface area contributed by atoms with Crippen LogP contribution < -0.4 is 4.74 Å². The van der Waals surface area contributed by atoms with Crippen LogP contribution in [0.15, 0.2) is 53.6 Å². The zero-order valence-corrected chi connectivity index (χ0v) is 11.9. The van der Waals surface area contributed by atoms with Crippen LogP contribution in [0.1, 0.15) is 35.1 Å². The van der Waals surface area contributed by atoms with Gasteiger partial charge >= 0.3 is 0 Å². The lowest BCUT2D eigenvalue weighted by atomic mass is 9.76. The van der Waals surface area contributed by atoms with E-state index in [2.05, 4.69) is 22.2 Å². The summed E-state index contributed by atoms with van der Waals surface area (Å²) in [7, 11) is 1.68. The number of benzene rings is 2. The Morgan fingerprint density at radius 2 is 1.95 bits per heavy atom. The first kappa shape index (κ1) is 13.5. The van der Waals surface area contributed by atoms with Gasteiger partial charge in [-0.25, -0.2) is 0 Å². The van der Waals surface area contributed by atoms with Gasteiger partial charge in [-0.05, 0) is 47.0 Å². The van der Waals surface area contributed by atoms with Crippen LogP contribution in [0.5, 0.6) is 5.75 Å². The largest absolute Gasteiger partial charge is 0.496 e. The van der Waals surface area contributed by atoms with Crippen molar-refractivity contribution in [3.8, 4) is 5.75 Å². The van der Waals surface area contributed by atoms with E-state index in [1.54, 1.807) is 7.11 Å². The van der Waals surface area contributed by atoms with Crippen molar-refractivity contribution >= 4 is 0 Å². The summed E-state index contributed by atoms with van der Waals surface area (Å²) in [6.45, 7) is 0. The third-order valence-corrected chi connectivity index (χ3v) is 4.20. The molecular formula is C17H17N3O. The van der Waals surface area contributed by atoms with Crippen LogP contribution in [0.3, 0.4) is 0 Å². The van der Waals surface area contributed by atoms with Gasteiger partial charge in [0, 0.05) is 4.91 Å². The lowest BCUT2D eigenvalue weighted by molar-refractivity contribution is 0.397. The summed E-state index contributed by atoms with van der Waals surface area (Å²) in [5.74, 6) is 1.11. The Labute approximate surface area is 124 Å². The minimum absolute atomic E-state index is 0.170. The molecule has 0 spiro atoms. The van der Waals surface area contributed by atoms with E-state index >= 15 is 0 Å². The fraction of sp³-hybridized carbons (Fsp3) is 0.294. The highest BCUT2D eigenvalue weighted by Gasteiger charge is 2.31. The van der Waals surface area contributed by atoms with Gasteiger partial charge < -0.3 is 4.74 Å². The first-order valence-electron chi connectivity index (χ1n) is 7.10. The third kappa shape index (κ3) is 2.46. The first-order chi connectivity index (χ1) is 10.3. The Hall–Kier alpha value is -2.45. The maximum Gasteiger partial charge on any atom is 0.122 e. The van der Waals surface area contributed by atoms with Gasteiger partial charge in [0.1, 0.15) is 5.75 Å². The van der Waals surface area contributed by atoms with Crippen molar-refractivity contribution in [1.29, 1.82) is 0 Å². The van der Waals surface area contributed by atoms with Crippen LogP contribution in [0.25, 0.3) is 10.4 Å². The molecule has 0 N–H and O–H groups in total. The summed E-state index contributed by atoms with van der Waals surface area (Å²) >= 11 is 0. The molecule has 106 valence electrons. The normalized spacial score (nSPS) is 20.2. The number of methoxy groups -OCH3 is 1. The molecule has 0 saturated carbocycles. The molecule has 0 unspecified atom stereocenters. The fourth-order valence-electron chi connectivity index (χ4n) is 3.24. The number of azide groups is 1. The second kappa shape index (κ2) is 5.90. The molecule has 2 aromatic carbocycles. The molecule has 0 aromatic heterocycles. The van der Waals surface area contributed by atoms with E-state index in [1.807, 2.05) is 36.4 Å². The Kier molecular flexibility index (Phi) is 3.80. The van der Waals surface area contributed by atoms with Gasteiger partial charge in [-0.2, -0.15) is 0 Å². The molecule has 0 aliphatic heterocycles. The molecule has 21 heavy (non-hydrogen) atoms. The zero-order chi connectivity index (χ0) is 14.7. The summed E-state index contributed by atoms with van der Waals surface area (Å²) < 4.78 is 5.45. The molecule has 0 heterocycles. The summed E-state index contributed by atoms with van der Waals surface area (Å²) in [5, 5.41) is 4.08. The predicted molar refractivity (Wildman–Crippen MR) is 82.4 cm³/mol. The molecule has 1 aliphatic carbocycles. The van der Waals surface area contributed by atoms with Crippen molar-refractivity contribution in [2.75, 3.05) is 7.11 Å². The van der Waals surface area contributed by atoms with Crippen LogP contribution in [0, 0.1) is 0 Å². The maximum absolute atomic E-state index is 8.96. The number of hydrogen-bond donors (Lipinski definition) is 0. The Morgan fingerprint density at radius 3 is 2.67 bits per heavy atom. The van der Waals surface area contributed by atoms with Crippen LogP contribution >= 0.6 is 0 Å². The van der Waals surface area contributed by atoms with E-state index < -0.39 is 0 Å². The highest BCUT2D eigenvalue weighted by atomic mass is 16.5. The number of nitrogens with zero attached hydrogens (tertiary/aromatic N) is 3. The van der Waals surface area contributed by atoms with E-state index in [-0.39, 0.29) is 12.0 Å². The molecule has 0 fully saturated rings. The molecule has 4 nitrogen and oxygen atoms in total. The summed E-state index contributed by atoms with van der Waals surface area (Å²) in [6, 6.07) is 16.1. The number of hydrogen-bond acceptors (Lipinski definition) is 2. The van der Waals surface area contributed by atoms with E-state index in [9.17, 15) is 0 Å². The molecule has 2 aromatic rings. The second-order valence-corrected chi connectivity index (χ2v) is 5.23. The molecule has 2 atom stereocenters. The molecule has 0 bridgehead atoms. The Bertz CT molecular complexity index is 678. The Morgan fingerprint density at radius 1 is 1.14 bits per heavy atom. The SMILES string of the molecule is COc1cccc2c1CC[C@H](c1ccccc1)[C@H]2N=[N+]=[N-]. The number of ether oxygens (including phenoxy) is 1. The first-order valence-corrected chi connectivity index (χ1v) is 7.10. The van der Waals surface area contributed by atoms with Crippen LogP contribution in [0.4, 0.5) is 0 Å². The van der Waals surface area contributed by atoms with Crippen molar-refractivity contribution in [2.24, 2.45) is 5.11 Å². The molecule has 0 radical (unpaired) electrons. The smallest absolute Gasteiger partial charge is 0.122 e. The van der Waals surface area contributed by atoms with Crippen LogP contribution in [0.2, 0.25) is 0 Å². The quantitative estimate of drug-likeness (QED) is 0.453. The lowest BCUT2D eigenvalue weighted by Crippen LogP contribution is -2.18. The van der Waals surface area contributed by atoms with Crippen LogP contribution in [-0.4, -0.2) is 7.11 Å². The van der Waals surface area contributed by atoms with Crippen molar-refractivity contribution in [2.45, 2.75) is 24.8 Å². The number of rotatable bonds is 3. The van der Waals surface area contributed by atoms with Crippen LogP contribution in [-0.2, 0) is 6.42 Å². The summed E-state index contributed by atoms with van der Waals surface area (Å²) in [6.07, 6.45) is 1.90. The average molecular weight is 279 g/mol. The number of fused-ring (bicyclic) bond motifs is 1. The van der Waals surface area contributed by atoms with Crippen molar-refractivity contribution < 1.29 is 4.74 Å². The fourth-order valence-corrected chi connectivity index (χ4v) is 3.24. The molecule has 1 aliphatic rings. The van der Waals surface area contributed by atoms with Gasteiger partial charge in [-0.3, -0.25) is 0 Å². The monoisotopic (exact) mass is 279 g/mol. The minimum atomic E-state index is -0.170. The second-order valence-electron chi connectivity index (χ2n) is 5.23. The van der Waals surface area contributed by atoms with Gasteiger partial charge in [-0.1, -0.05) is 47.6 Å². The van der Waals surface area contributed by atoms with E-state index in [4.69, 9.17) is 10.3 Å². The average Bonchev–Trinajstić information content (AvgIpc) is 2.55. The highest BCUT2D eigenvalue weighted by Crippen LogP contribution is 2.45. The summed E-state index contributed by atoms with van der Waals surface area (Å²) in [5.41, 5.74) is 12.4. The third-order valence-electron chi connectivity index (χ3n) is 4.20. The standard InChI is InChI=1S/C17H17N3O/c1-21-16-9-5-8-15-14(16)11-10-13(17(15)19-20-18)12-6-3-2-4-7-12/h2-9,13,17H,10-11H2,1H3/t13-,17-/m1/s1. The molecular weight excluding hydrogens is 262 g/mol. The van der Waals surface area contributed by atoms with E-state index in [0.717, 1.165) is 24.2 Å². The topological polar surface area (TPSA) is 58.0 Å². The lowest BCUT2D eigenvalue weighted by Gasteiger charge is -2.32. The predicted octanol–water partition coefficient (Wildman–Crippen LogP) is 4.78. The maximum atomic E-state index is 8.96.